The highest BCUT2D eigenvalue weighted by Gasteiger charge is 2.17. The molecule has 0 heterocycles. The molecule has 2 heteroatoms. The van der Waals surface area contributed by atoms with Crippen LogP contribution in [-0.4, -0.2) is 13.1 Å². The summed E-state index contributed by atoms with van der Waals surface area (Å²) in [6.07, 6.45) is 2.35. The molecule has 0 aliphatic carbocycles. The monoisotopic (exact) mass is 269 g/mol. The fourth-order valence-electron chi connectivity index (χ4n) is 2.15. The SMILES string of the molecule is CCC(NC)C(CC)c1ccc(Br)cc1. The highest BCUT2D eigenvalue weighted by Crippen LogP contribution is 2.26. The molecule has 84 valence electrons. The minimum absolute atomic E-state index is 0.580. The predicted molar refractivity (Wildman–Crippen MR) is 70.3 cm³/mol. The molecule has 0 amide bonds. The van der Waals surface area contributed by atoms with Crippen molar-refractivity contribution in [2.24, 2.45) is 0 Å². The molecule has 15 heavy (non-hydrogen) atoms. The summed E-state index contributed by atoms with van der Waals surface area (Å²) in [4.78, 5) is 0. The van der Waals surface area contributed by atoms with E-state index in [-0.39, 0.29) is 0 Å². The van der Waals surface area contributed by atoms with E-state index < -0.39 is 0 Å². The molecule has 1 aromatic rings. The average Bonchev–Trinajstić information content (AvgIpc) is 2.27. The Labute approximate surface area is 101 Å². The molecule has 0 aliphatic rings. The van der Waals surface area contributed by atoms with Gasteiger partial charge in [0.05, 0.1) is 0 Å². The van der Waals surface area contributed by atoms with Crippen LogP contribution in [0.15, 0.2) is 28.7 Å². The van der Waals surface area contributed by atoms with Crippen LogP contribution < -0.4 is 5.32 Å². The standard InChI is InChI=1S/C13H20BrN/c1-4-12(13(5-2)15-3)10-6-8-11(14)9-7-10/h6-9,12-13,15H,4-5H2,1-3H3. The first-order valence-electron chi connectivity index (χ1n) is 5.65. The maximum atomic E-state index is 3.47. The molecule has 0 saturated heterocycles. The average molecular weight is 270 g/mol. The number of benzene rings is 1. The van der Waals surface area contributed by atoms with Gasteiger partial charge in [-0.1, -0.05) is 41.9 Å². The van der Waals surface area contributed by atoms with Crippen LogP contribution in [0.5, 0.6) is 0 Å². The van der Waals surface area contributed by atoms with Crippen molar-refractivity contribution < 1.29 is 0 Å². The van der Waals surface area contributed by atoms with Crippen molar-refractivity contribution in [1.29, 1.82) is 0 Å². The number of halogens is 1. The van der Waals surface area contributed by atoms with Crippen LogP contribution in [0.2, 0.25) is 0 Å². The molecule has 1 aromatic carbocycles. The van der Waals surface area contributed by atoms with Gasteiger partial charge in [0.15, 0.2) is 0 Å². The third kappa shape index (κ3) is 3.32. The lowest BCUT2D eigenvalue weighted by Gasteiger charge is -2.25. The van der Waals surface area contributed by atoms with E-state index >= 15 is 0 Å². The van der Waals surface area contributed by atoms with E-state index in [0.717, 1.165) is 4.47 Å². The third-order valence-electron chi connectivity index (χ3n) is 3.03. The quantitative estimate of drug-likeness (QED) is 0.854. The van der Waals surface area contributed by atoms with Crippen molar-refractivity contribution in [2.45, 2.75) is 38.6 Å². The maximum Gasteiger partial charge on any atom is 0.0175 e. The van der Waals surface area contributed by atoms with Gasteiger partial charge in [-0.3, -0.25) is 0 Å². The number of nitrogens with one attached hydrogen (secondary N) is 1. The van der Waals surface area contributed by atoms with Crippen LogP contribution in [0.3, 0.4) is 0 Å². The first-order valence-corrected chi connectivity index (χ1v) is 6.44. The Balaban J connectivity index is 2.86. The van der Waals surface area contributed by atoms with Gasteiger partial charge in [-0.15, -0.1) is 0 Å². The summed E-state index contributed by atoms with van der Waals surface area (Å²) in [5.74, 6) is 0.619. The Morgan fingerprint density at radius 2 is 1.73 bits per heavy atom. The first kappa shape index (κ1) is 12.7. The molecule has 0 saturated carbocycles. The minimum atomic E-state index is 0.580. The molecule has 0 spiro atoms. The van der Waals surface area contributed by atoms with Crippen LogP contribution >= 0.6 is 15.9 Å². The summed E-state index contributed by atoms with van der Waals surface area (Å²) < 4.78 is 1.15. The second-order valence-electron chi connectivity index (χ2n) is 3.87. The van der Waals surface area contributed by atoms with E-state index in [0.29, 0.717) is 12.0 Å². The second kappa shape index (κ2) is 6.29. The molecule has 0 bridgehead atoms. The van der Waals surface area contributed by atoms with Crippen molar-refractivity contribution in [3.63, 3.8) is 0 Å². The van der Waals surface area contributed by atoms with E-state index in [1.54, 1.807) is 0 Å². The van der Waals surface area contributed by atoms with Gasteiger partial charge >= 0.3 is 0 Å². The van der Waals surface area contributed by atoms with Crippen LogP contribution in [0, 0.1) is 0 Å². The van der Waals surface area contributed by atoms with E-state index in [2.05, 4.69) is 66.4 Å². The van der Waals surface area contributed by atoms with Crippen molar-refractivity contribution in [1.82, 2.24) is 5.32 Å². The molecule has 2 atom stereocenters. The molecule has 2 unspecified atom stereocenters. The number of hydrogen-bond acceptors (Lipinski definition) is 1. The van der Waals surface area contributed by atoms with E-state index in [9.17, 15) is 0 Å². The van der Waals surface area contributed by atoms with Crippen LogP contribution in [0.1, 0.15) is 38.2 Å². The Kier molecular flexibility index (Phi) is 5.34. The molecule has 0 radical (unpaired) electrons. The van der Waals surface area contributed by atoms with Gasteiger partial charge in [0.25, 0.3) is 0 Å². The van der Waals surface area contributed by atoms with E-state index in [4.69, 9.17) is 0 Å². The largest absolute Gasteiger partial charge is 0.316 e. The topological polar surface area (TPSA) is 12.0 Å². The number of rotatable bonds is 5. The Hall–Kier alpha value is -0.340. The van der Waals surface area contributed by atoms with Crippen molar-refractivity contribution in [2.75, 3.05) is 7.05 Å². The van der Waals surface area contributed by atoms with Gasteiger partial charge in [0.2, 0.25) is 0 Å². The summed E-state index contributed by atoms with van der Waals surface area (Å²) in [5.41, 5.74) is 1.43. The minimum Gasteiger partial charge on any atom is -0.316 e. The Bertz CT molecular complexity index is 277. The zero-order valence-corrected chi connectivity index (χ0v) is 11.3. The Morgan fingerprint density at radius 3 is 2.13 bits per heavy atom. The normalized spacial score (nSPS) is 14.9. The lowest BCUT2D eigenvalue weighted by molar-refractivity contribution is 0.440. The van der Waals surface area contributed by atoms with Crippen LogP contribution in [0.25, 0.3) is 0 Å². The molecule has 1 nitrogen and oxygen atoms in total. The summed E-state index contributed by atoms with van der Waals surface area (Å²) in [6.45, 7) is 4.50. The van der Waals surface area contributed by atoms with Crippen molar-refractivity contribution in [3.8, 4) is 0 Å². The molecule has 1 rings (SSSR count). The molecular formula is C13H20BrN. The van der Waals surface area contributed by atoms with E-state index in [1.807, 2.05) is 0 Å². The fourth-order valence-corrected chi connectivity index (χ4v) is 2.42. The molecule has 0 aliphatic heterocycles. The number of hydrogen-bond donors (Lipinski definition) is 1. The van der Waals surface area contributed by atoms with Crippen LogP contribution in [-0.2, 0) is 0 Å². The van der Waals surface area contributed by atoms with Crippen LogP contribution in [0.4, 0.5) is 0 Å². The smallest absolute Gasteiger partial charge is 0.0175 e. The van der Waals surface area contributed by atoms with Gasteiger partial charge in [-0.25, -0.2) is 0 Å². The predicted octanol–water partition coefficient (Wildman–Crippen LogP) is 3.94. The van der Waals surface area contributed by atoms with Gasteiger partial charge < -0.3 is 5.32 Å². The Morgan fingerprint density at radius 1 is 1.13 bits per heavy atom. The van der Waals surface area contributed by atoms with Crippen molar-refractivity contribution >= 4 is 15.9 Å². The molecular weight excluding hydrogens is 250 g/mol. The van der Waals surface area contributed by atoms with Gasteiger partial charge in [0, 0.05) is 10.5 Å². The molecule has 0 aromatic heterocycles. The zero-order chi connectivity index (χ0) is 11.3. The molecule has 0 fully saturated rings. The van der Waals surface area contributed by atoms with Gasteiger partial charge in [-0.05, 0) is 43.5 Å². The summed E-state index contributed by atoms with van der Waals surface area (Å²) in [5, 5.41) is 3.40. The first-order chi connectivity index (χ1) is 7.22. The number of likely N-dealkylation sites (N-methyl/N-ethyl adjacent to an activating group) is 1. The zero-order valence-electron chi connectivity index (χ0n) is 9.76. The third-order valence-corrected chi connectivity index (χ3v) is 3.56. The highest BCUT2D eigenvalue weighted by molar-refractivity contribution is 9.10. The lowest BCUT2D eigenvalue weighted by Crippen LogP contribution is -2.31. The highest BCUT2D eigenvalue weighted by atomic mass is 79.9. The summed E-state index contributed by atoms with van der Waals surface area (Å²) in [6, 6.07) is 9.27. The second-order valence-corrected chi connectivity index (χ2v) is 4.79. The maximum absolute atomic E-state index is 3.47. The molecule has 1 N–H and O–H groups in total. The van der Waals surface area contributed by atoms with Gasteiger partial charge in [-0.2, -0.15) is 0 Å². The summed E-state index contributed by atoms with van der Waals surface area (Å²) >= 11 is 3.47. The fraction of sp³-hybridized carbons (Fsp3) is 0.538. The lowest BCUT2D eigenvalue weighted by atomic mass is 9.88. The summed E-state index contributed by atoms with van der Waals surface area (Å²) in [7, 11) is 2.05. The van der Waals surface area contributed by atoms with Crippen molar-refractivity contribution in [3.05, 3.63) is 34.3 Å². The van der Waals surface area contributed by atoms with E-state index in [1.165, 1.54) is 18.4 Å². The van der Waals surface area contributed by atoms with Gasteiger partial charge in [0.1, 0.15) is 0 Å².